The molecule has 1 aromatic carbocycles. The van der Waals surface area contributed by atoms with E-state index in [9.17, 15) is 4.79 Å². The fraction of sp³-hybridized carbons (Fsp3) is 0.533. The van der Waals surface area contributed by atoms with Crippen LogP contribution in [0.5, 0.6) is 5.75 Å². The molecule has 0 radical (unpaired) electrons. The van der Waals surface area contributed by atoms with Gasteiger partial charge in [0.05, 0.1) is 13.7 Å². The fourth-order valence-electron chi connectivity index (χ4n) is 2.46. The lowest BCUT2D eigenvalue weighted by atomic mass is 10.2. The number of carbonyl (C=O) groups excluding carboxylic acids is 1. The molecule has 110 valence electrons. The summed E-state index contributed by atoms with van der Waals surface area (Å²) in [5.41, 5.74) is 0.997. The monoisotopic (exact) mass is 277 g/mol. The van der Waals surface area contributed by atoms with E-state index in [1.54, 1.807) is 7.11 Å². The zero-order chi connectivity index (χ0) is 14.4. The number of benzene rings is 1. The molecule has 2 N–H and O–H groups in total. The standard InChI is InChI=1S/C15H23N3O2/c1-12-10-18(8-7-16-12)11-15(19)17-9-13-5-3-4-6-14(13)20-2/h3-6,12,16H,7-11H2,1-2H3,(H,17,19)/t12-/m1/s1. The van der Waals surface area contributed by atoms with E-state index in [0.29, 0.717) is 19.1 Å². The molecule has 20 heavy (non-hydrogen) atoms. The molecule has 0 bridgehead atoms. The van der Waals surface area contributed by atoms with Gasteiger partial charge in [-0.2, -0.15) is 0 Å². The van der Waals surface area contributed by atoms with Crippen molar-refractivity contribution in [1.82, 2.24) is 15.5 Å². The van der Waals surface area contributed by atoms with E-state index in [0.717, 1.165) is 30.9 Å². The molecule has 2 rings (SSSR count). The lowest BCUT2D eigenvalue weighted by Crippen LogP contribution is -2.51. The number of nitrogens with one attached hydrogen (secondary N) is 2. The average molecular weight is 277 g/mol. The number of hydrogen-bond acceptors (Lipinski definition) is 4. The van der Waals surface area contributed by atoms with Crippen LogP contribution in [0.15, 0.2) is 24.3 Å². The summed E-state index contributed by atoms with van der Waals surface area (Å²) in [7, 11) is 1.64. The highest BCUT2D eigenvalue weighted by Gasteiger charge is 2.17. The number of ether oxygens (including phenoxy) is 1. The van der Waals surface area contributed by atoms with Gasteiger partial charge in [-0.1, -0.05) is 18.2 Å². The maximum atomic E-state index is 12.0. The molecule has 0 saturated carbocycles. The van der Waals surface area contributed by atoms with Gasteiger partial charge in [-0.15, -0.1) is 0 Å². The summed E-state index contributed by atoms with van der Waals surface area (Å²) in [5.74, 6) is 0.869. The van der Waals surface area contributed by atoms with Crippen molar-refractivity contribution in [1.29, 1.82) is 0 Å². The SMILES string of the molecule is COc1ccccc1CNC(=O)CN1CCN[C@H](C)C1. The van der Waals surface area contributed by atoms with Crippen LogP contribution in [-0.4, -0.2) is 50.1 Å². The summed E-state index contributed by atoms with van der Waals surface area (Å²) in [6.07, 6.45) is 0. The van der Waals surface area contributed by atoms with Crippen LogP contribution in [0, 0.1) is 0 Å². The number of piperazine rings is 1. The molecule has 1 aliphatic rings. The van der Waals surface area contributed by atoms with E-state index in [2.05, 4.69) is 22.5 Å². The molecule has 1 heterocycles. The van der Waals surface area contributed by atoms with Crippen LogP contribution < -0.4 is 15.4 Å². The minimum absolute atomic E-state index is 0.0602. The zero-order valence-corrected chi connectivity index (χ0v) is 12.2. The van der Waals surface area contributed by atoms with Crippen LogP contribution in [-0.2, 0) is 11.3 Å². The third-order valence-corrected chi connectivity index (χ3v) is 3.49. The topological polar surface area (TPSA) is 53.6 Å². The van der Waals surface area contributed by atoms with Crippen molar-refractivity contribution >= 4 is 5.91 Å². The second-order valence-corrected chi connectivity index (χ2v) is 5.18. The first kappa shape index (κ1) is 14.8. The van der Waals surface area contributed by atoms with Crippen molar-refractivity contribution in [3.05, 3.63) is 29.8 Å². The minimum Gasteiger partial charge on any atom is -0.496 e. The Labute approximate surface area is 120 Å². The van der Waals surface area contributed by atoms with Crippen LogP contribution in [0.2, 0.25) is 0 Å². The Kier molecular flexibility index (Phi) is 5.38. The Balaban J connectivity index is 1.80. The van der Waals surface area contributed by atoms with Crippen molar-refractivity contribution in [2.45, 2.75) is 19.5 Å². The van der Waals surface area contributed by atoms with Gasteiger partial charge in [0.2, 0.25) is 5.91 Å². The smallest absolute Gasteiger partial charge is 0.234 e. The van der Waals surface area contributed by atoms with Gasteiger partial charge in [-0.05, 0) is 13.0 Å². The lowest BCUT2D eigenvalue weighted by molar-refractivity contribution is -0.122. The van der Waals surface area contributed by atoms with Gasteiger partial charge < -0.3 is 15.4 Å². The van der Waals surface area contributed by atoms with E-state index in [4.69, 9.17) is 4.74 Å². The van der Waals surface area contributed by atoms with Crippen molar-refractivity contribution in [3.63, 3.8) is 0 Å². The number of nitrogens with zero attached hydrogens (tertiary/aromatic N) is 1. The second-order valence-electron chi connectivity index (χ2n) is 5.18. The second kappa shape index (κ2) is 7.26. The Hall–Kier alpha value is -1.59. The first-order valence-electron chi connectivity index (χ1n) is 7.03. The van der Waals surface area contributed by atoms with Gasteiger partial charge in [0.1, 0.15) is 5.75 Å². The van der Waals surface area contributed by atoms with E-state index in [-0.39, 0.29) is 5.91 Å². The number of methoxy groups -OCH3 is 1. The van der Waals surface area contributed by atoms with Gasteiger partial charge in [0.25, 0.3) is 0 Å². The highest BCUT2D eigenvalue weighted by atomic mass is 16.5. The predicted octanol–water partition coefficient (Wildman–Crippen LogP) is 0.605. The summed E-state index contributed by atoms with van der Waals surface area (Å²) in [4.78, 5) is 14.2. The maximum absolute atomic E-state index is 12.0. The van der Waals surface area contributed by atoms with Crippen molar-refractivity contribution < 1.29 is 9.53 Å². The van der Waals surface area contributed by atoms with E-state index in [1.165, 1.54) is 0 Å². The van der Waals surface area contributed by atoms with Crippen LogP contribution >= 0.6 is 0 Å². The Morgan fingerprint density at radius 3 is 3.05 bits per heavy atom. The average Bonchev–Trinajstić information content (AvgIpc) is 2.45. The van der Waals surface area contributed by atoms with E-state index in [1.807, 2.05) is 24.3 Å². The van der Waals surface area contributed by atoms with Crippen LogP contribution in [0.3, 0.4) is 0 Å². The Bertz CT molecular complexity index is 450. The number of para-hydroxylation sites is 1. The largest absolute Gasteiger partial charge is 0.496 e. The number of hydrogen-bond donors (Lipinski definition) is 2. The molecule has 1 aromatic rings. The Morgan fingerprint density at radius 2 is 2.30 bits per heavy atom. The predicted molar refractivity (Wildman–Crippen MR) is 78.7 cm³/mol. The lowest BCUT2D eigenvalue weighted by Gasteiger charge is -2.31. The summed E-state index contributed by atoms with van der Waals surface area (Å²) < 4.78 is 5.27. The Morgan fingerprint density at radius 1 is 1.50 bits per heavy atom. The normalized spacial score (nSPS) is 19.6. The third kappa shape index (κ3) is 4.21. The van der Waals surface area contributed by atoms with E-state index < -0.39 is 0 Å². The van der Waals surface area contributed by atoms with Crippen LogP contribution in [0.4, 0.5) is 0 Å². The molecule has 1 aliphatic heterocycles. The zero-order valence-electron chi connectivity index (χ0n) is 12.2. The van der Waals surface area contributed by atoms with Crippen LogP contribution in [0.25, 0.3) is 0 Å². The molecule has 0 spiro atoms. The molecule has 1 atom stereocenters. The quantitative estimate of drug-likeness (QED) is 0.828. The van der Waals surface area contributed by atoms with Gasteiger partial charge in [0.15, 0.2) is 0 Å². The van der Waals surface area contributed by atoms with E-state index >= 15 is 0 Å². The summed E-state index contributed by atoms with van der Waals surface area (Å²) in [5, 5.41) is 6.32. The summed E-state index contributed by atoms with van der Waals surface area (Å²) in [6, 6.07) is 8.19. The van der Waals surface area contributed by atoms with Crippen molar-refractivity contribution in [2.75, 3.05) is 33.3 Å². The summed E-state index contributed by atoms with van der Waals surface area (Å²) in [6.45, 7) is 5.89. The van der Waals surface area contributed by atoms with Crippen molar-refractivity contribution in [2.24, 2.45) is 0 Å². The molecule has 0 aliphatic carbocycles. The van der Waals surface area contributed by atoms with Gasteiger partial charge in [-0.25, -0.2) is 0 Å². The molecule has 1 amide bonds. The highest BCUT2D eigenvalue weighted by molar-refractivity contribution is 5.78. The first-order valence-corrected chi connectivity index (χ1v) is 7.03. The van der Waals surface area contributed by atoms with Gasteiger partial charge in [-0.3, -0.25) is 9.69 Å². The molecular formula is C15H23N3O2. The first-order chi connectivity index (χ1) is 9.69. The third-order valence-electron chi connectivity index (χ3n) is 3.49. The minimum atomic E-state index is 0.0602. The van der Waals surface area contributed by atoms with Crippen LogP contribution in [0.1, 0.15) is 12.5 Å². The molecule has 0 unspecified atom stereocenters. The molecular weight excluding hydrogens is 254 g/mol. The summed E-state index contributed by atoms with van der Waals surface area (Å²) >= 11 is 0. The van der Waals surface area contributed by atoms with Crippen molar-refractivity contribution in [3.8, 4) is 5.75 Å². The molecule has 1 fully saturated rings. The van der Waals surface area contributed by atoms with Gasteiger partial charge in [0, 0.05) is 37.8 Å². The molecule has 1 saturated heterocycles. The molecule has 5 nitrogen and oxygen atoms in total. The number of carbonyl (C=O) groups is 1. The maximum Gasteiger partial charge on any atom is 0.234 e. The number of amides is 1. The molecule has 5 heteroatoms. The highest BCUT2D eigenvalue weighted by Crippen LogP contribution is 2.16. The number of rotatable bonds is 5. The molecule has 0 aromatic heterocycles. The van der Waals surface area contributed by atoms with Gasteiger partial charge >= 0.3 is 0 Å². The fourth-order valence-corrected chi connectivity index (χ4v) is 2.46.